The second kappa shape index (κ2) is 4.72. The fourth-order valence-electron chi connectivity index (χ4n) is 2.10. The predicted octanol–water partition coefficient (Wildman–Crippen LogP) is 2.50. The number of hydrogen-bond donors (Lipinski definition) is 1. The molecule has 1 aromatic rings. The first-order chi connectivity index (χ1) is 8.03. The molecule has 0 unspecified atom stereocenters. The number of thioether (sulfide) groups is 1. The van der Waals surface area contributed by atoms with Crippen molar-refractivity contribution in [2.24, 2.45) is 11.3 Å². The molecule has 1 fully saturated rings. The molecule has 0 bridgehead atoms. The lowest BCUT2D eigenvalue weighted by molar-refractivity contribution is -0.133. The third kappa shape index (κ3) is 2.83. The Morgan fingerprint density at radius 3 is 2.88 bits per heavy atom. The standard InChI is InChI=1S/C12H18N2O2S/c1-9(2)12(3-4-12)8-14-6-5-13-11(14)17-7-10(15)16/h5-6,9H,3-4,7-8H2,1-2H3,(H,15,16). The van der Waals surface area contributed by atoms with Crippen LogP contribution in [0.2, 0.25) is 0 Å². The molecule has 1 saturated carbocycles. The summed E-state index contributed by atoms with van der Waals surface area (Å²) in [7, 11) is 0. The number of hydrogen-bond acceptors (Lipinski definition) is 3. The molecule has 1 aliphatic carbocycles. The van der Waals surface area contributed by atoms with Gasteiger partial charge in [0.05, 0.1) is 5.75 Å². The van der Waals surface area contributed by atoms with E-state index in [0.29, 0.717) is 11.3 Å². The Morgan fingerprint density at radius 2 is 2.35 bits per heavy atom. The Kier molecular flexibility index (Phi) is 3.47. The number of carboxylic acids is 1. The molecule has 1 aromatic heterocycles. The number of aromatic nitrogens is 2. The topological polar surface area (TPSA) is 55.1 Å². The molecule has 0 aromatic carbocycles. The second-order valence-corrected chi connectivity index (χ2v) is 5.98. The maximum Gasteiger partial charge on any atom is 0.313 e. The van der Waals surface area contributed by atoms with Gasteiger partial charge in [-0.2, -0.15) is 0 Å². The Bertz CT molecular complexity index is 410. The minimum absolute atomic E-state index is 0.0751. The Labute approximate surface area is 105 Å². The fourth-order valence-corrected chi connectivity index (χ4v) is 2.78. The van der Waals surface area contributed by atoms with Gasteiger partial charge in [0, 0.05) is 18.9 Å². The summed E-state index contributed by atoms with van der Waals surface area (Å²) >= 11 is 1.29. The summed E-state index contributed by atoms with van der Waals surface area (Å²) in [6, 6.07) is 0. The van der Waals surface area contributed by atoms with Gasteiger partial charge in [-0.15, -0.1) is 0 Å². The molecule has 1 heterocycles. The number of rotatable bonds is 6. The maximum atomic E-state index is 10.6. The first-order valence-corrected chi connectivity index (χ1v) is 6.88. The summed E-state index contributed by atoms with van der Waals surface area (Å²) < 4.78 is 2.10. The largest absolute Gasteiger partial charge is 0.481 e. The minimum atomic E-state index is -0.797. The number of nitrogens with zero attached hydrogens (tertiary/aromatic N) is 2. The van der Waals surface area contributed by atoms with Crippen molar-refractivity contribution in [3.05, 3.63) is 12.4 Å². The van der Waals surface area contributed by atoms with Gasteiger partial charge in [0.1, 0.15) is 0 Å². The minimum Gasteiger partial charge on any atom is -0.481 e. The zero-order chi connectivity index (χ0) is 12.5. The summed E-state index contributed by atoms with van der Waals surface area (Å²) in [5.74, 6) is -0.0529. The van der Waals surface area contributed by atoms with Crippen LogP contribution >= 0.6 is 11.8 Å². The van der Waals surface area contributed by atoms with E-state index in [-0.39, 0.29) is 5.75 Å². The number of aliphatic carboxylic acids is 1. The van der Waals surface area contributed by atoms with E-state index in [1.807, 2.05) is 6.20 Å². The molecular weight excluding hydrogens is 236 g/mol. The van der Waals surface area contributed by atoms with Crippen LogP contribution in [0.5, 0.6) is 0 Å². The van der Waals surface area contributed by atoms with E-state index in [1.54, 1.807) is 6.20 Å². The number of imidazole rings is 1. The van der Waals surface area contributed by atoms with E-state index in [4.69, 9.17) is 5.11 Å². The molecule has 0 aliphatic heterocycles. The lowest BCUT2D eigenvalue weighted by Crippen LogP contribution is -2.18. The Morgan fingerprint density at radius 1 is 1.65 bits per heavy atom. The second-order valence-electron chi connectivity index (χ2n) is 5.04. The molecule has 1 aliphatic rings. The number of carbonyl (C=O) groups is 1. The first kappa shape index (κ1) is 12.5. The van der Waals surface area contributed by atoms with Crippen molar-refractivity contribution in [1.29, 1.82) is 0 Å². The third-order valence-electron chi connectivity index (χ3n) is 3.60. The molecule has 0 radical (unpaired) electrons. The van der Waals surface area contributed by atoms with E-state index in [0.717, 1.165) is 11.7 Å². The molecule has 1 N–H and O–H groups in total. The highest BCUT2D eigenvalue weighted by Gasteiger charge is 2.45. The zero-order valence-corrected chi connectivity index (χ0v) is 11.0. The van der Waals surface area contributed by atoms with Crippen LogP contribution in [-0.2, 0) is 11.3 Å². The van der Waals surface area contributed by atoms with Crippen LogP contribution in [0.25, 0.3) is 0 Å². The van der Waals surface area contributed by atoms with Crippen LogP contribution in [0.3, 0.4) is 0 Å². The van der Waals surface area contributed by atoms with Crippen molar-refractivity contribution in [3.8, 4) is 0 Å². The monoisotopic (exact) mass is 254 g/mol. The predicted molar refractivity (Wildman–Crippen MR) is 67.1 cm³/mol. The lowest BCUT2D eigenvalue weighted by Gasteiger charge is -2.21. The lowest BCUT2D eigenvalue weighted by atomic mass is 9.92. The van der Waals surface area contributed by atoms with Crippen molar-refractivity contribution < 1.29 is 9.90 Å². The van der Waals surface area contributed by atoms with Gasteiger partial charge in [0.25, 0.3) is 0 Å². The highest BCUT2D eigenvalue weighted by molar-refractivity contribution is 7.99. The molecule has 0 saturated heterocycles. The summed E-state index contributed by atoms with van der Waals surface area (Å²) in [4.78, 5) is 14.8. The highest BCUT2D eigenvalue weighted by Crippen LogP contribution is 2.53. The van der Waals surface area contributed by atoms with Crippen LogP contribution in [0, 0.1) is 11.3 Å². The van der Waals surface area contributed by atoms with Crippen molar-refractivity contribution in [2.75, 3.05) is 5.75 Å². The van der Waals surface area contributed by atoms with Gasteiger partial charge in [0.15, 0.2) is 5.16 Å². The molecule has 0 spiro atoms. The molecular formula is C12H18N2O2S. The van der Waals surface area contributed by atoms with Crippen LogP contribution in [0.4, 0.5) is 0 Å². The molecule has 5 heteroatoms. The van der Waals surface area contributed by atoms with Gasteiger partial charge >= 0.3 is 5.97 Å². The van der Waals surface area contributed by atoms with Crippen LogP contribution in [0.1, 0.15) is 26.7 Å². The normalized spacial score (nSPS) is 17.4. The van der Waals surface area contributed by atoms with Gasteiger partial charge in [-0.25, -0.2) is 4.98 Å². The maximum absolute atomic E-state index is 10.6. The van der Waals surface area contributed by atoms with Gasteiger partial charge in [-0.05, 0) is 24.2 Å². The molecule has 0 amide bonds. The average Bonchev–Trinajstić information content (AvgIpc) is 2.90. The smallest absolute Gasteiger partial charge is 0.313 e. The first-order valence-electron chi connectivity index (χ1n) is 5.89. The van der Waals surface area contributed by atoms with Crippen LogP contribution in [0.15, 0.2) is 17.6 Å². The molecule has 0 atom stereocenters. The van der Waals surface area contributed by atoms with E-state index in [9.17, 15) is 4.79 Å². The van der Waals surface area contributed by atoms with Gasteiger partial charge in [-0.1, -0.05) is 25.6 Å². The van der Waals surface area contributed by atoms with Crippen molar-refractivity contribution in [2.45, 2.75) is 38.4 Å². The number of carboxylic acid groups (broad SMARTS) is 1. The Balaban J connectivity index is 2.02. The van der Waals surface area contributed by atoms with Crippen molar-refractivity contribution in [1.82, 2.24) is 9.55 Å². The zero-order valence-electron chi connectivity index (χ0n) is 10.2. The third-order valence-corrected chi connectivity index (χ3v) is 4.59. The van der Waals surface area contributed by atoms with Crippen LogP contribution < -0.4 is 0 Å². The van der Waals surface area contributed by atoms with E-state index >= 15 is 0 Å². The fraction of sp³-hybridized carbons (Fsp3) is 0.667. The molecule has 2 rings (SSSR count). The average molecular weight is 254 g/mol. The summed E-state index contributed by atoms with van der Waals surface area (Å²) in [5, 5.41) is 9.50. The van der Waals surface area contributed by atoms with Crippen molar-refractivity contribution in [3.63, 3.8) is 0 Å². The van der Waals surface area contributed by atoms with Crippen LogP contribution in [-0.4, -0.2) is 26.4 Å². The van der Waals surface area contributed by atoms with Crippen molar-refractivity contribution >= 4 is 17.7 Å². The summed E-state index contributed by atoms with van der Waals surface area (Å²) in [6.07, 6.45) is 6.24. The van der Waals surface area contributed by atoms with E-state index < -0.39 is 5.97 Å². The molecule has 4 nitrogen and oxygen atoms in total. The van der Waals surface area contributed by atoms with E-state index in [1.165, 1.54) is 24.6 Å². The SMILES string of the molecule is CC(C)C1(Cn2ccnc2SCC(=O)O)CC1. The molecule has 94 valence electrons. The van der Waals surface area contributed by atoms with Gasteiger partial charge < -0.3 is 9.67 Å². The highest BCUT2D eigenvalue weighted by atomic mass is 32.2. The van der Waals surface area contributed by atoms with E-state index in [2.05, 4.69) is 23.4 Å². The summed E-state index contributed by atoms with van der Waals surface area (Å²) in [6.45, 7) is 5.48. The Hall–Kier alpha value is -0.970. The quantitative estimate of drug-likeness (QED) is 0.792. The molecule has 17 heavy (non-hydrogen) atoms. The van der Waals surface area contributed by atoms with Gasteiger partial charge in [-0.3, -0.25) is 4.79 Å². The van der Waals surface area contributed by atoms with Gasteiger partial charge in [0.2, 0.25) is 0 Å². The summed E-state index contributed by atoms with van der Waals surface area (Å²) in [5.41, 5.74) is 0.416.